The van der Waals surface area contributed by atoms with E-state index in [9.17, 15) is 9.59 Å². The number of nitrogens with zero attached hydrogens (tertiary/aromatic N) is 1. The molecule has 0 fully saturated rings. The summed E-state index contributed by atoms with van der Waals surface area (Å²) in [5.74, 6) is -0.224. The summed E-state index contributed by atoms with van der Waals surface area (Å²) in [6, 6.07) is 7.74. The maximum Gasteiger partial charge on any atom is 0.275 e. The predicted octanol–water partition coefficient (Wildman–Crippen LogP) is 2.59. The highest BCUT2D eigenvalue weighted by molar-refractivity contribution is 5.97. The van der Waals surface area contributed by atoms with Crippen molar-refractivity contribution in [2.24, 2.45) is 0 Å². The molecule has 0 spiro atoms. The second-order valence-electron chi connectivity index (χ2n) is 6.20. The molecule has 0 bridgehead atoms. The van der Waals surface area contributed by atoms with Gasteiger partial charge in [0, 0.05) is 23.0 Å². The first kappa shape index (κ1) is 16.8. The van der Waals surface area contributed by atoms with Crippen LogP contribution < -0.4 is 10.9 Å². The molecule has 3 N–H and O–H groups in total. The molecule has 3 aromatic rings. The van der Waals surface area contributed by atoms with Crippen LogP contribution in [0.15, 0.2) is 35.0 Å². The average molecular weight is 340 g/mol. The third kappa shape index (κ3) is 3.40. The molecule has 0 unspecified atom stereocenters. The van der Waals surface area contributed by atoms with Gasteiger partial charge in [0.25, 0.3) is 5.91 Å². The topological polar surface area (TPSA) is 100 Å². The van der Waals surface area contributed by atoms with Crippen LogP contribution in [0, 0.1) is 6.92 Å². The highest BCUT2D eigenvalue weighted by Gasteiger charge is 2.22. The quantitative estimate of drug-likeness (QED) is 0.636. The van der Waals surface area contributed by atoms with Crippen molar-refractivity contribution in [2.75, 3.05) is 0 Å². The summed E-state index contributed by atoms with van der Waals surface area (Å²) in [4.78, 5) is 27.6. The molecule has 25 heavy (non-hydrogen) atoms. The Morgan fingerprint density at radius 2 is 2.00 bits per heavy atom. The molecule has 130 valence electrons. The Morgan fingerprint density at radius 3 is 2.76 bits per heavy atom. The number of hydrogen-bond donors (Lipinski definition) is 3. The van der Waals surface area contributed by atoms with Crippen LogP contribution in [0.4, 0.5) is 0 Å². The van der Waals surface area contributed by atoms with E-state index < -0.39 is 5.91 Å². The Morgan fingerprint density at radius 1 is 1.24 bits per heavy atom. The minimum absolute atomic E-state index is 0.0175. The number of rotatable bonds is 4. The fraction of sp³-hybridized carbons (Fsp3) is 0.278. The van der Waals surface area contributed by atoms with E-state index in [2.05, 4.69) is 21.0 Å². The molecule has 0 atom stereocenters. The lowest BCUT2D eigenvalue weighted by molar-refractivity contribution is -0.121. The molecule has 2 heterocycles. The van der Waals surface area contributed by atoms with Crippen LogP contribution in [0.1, 0.15) is 47.1 Å². The highest BCUT2D eigenvalue weighted by Crippen LogP contribution is 2.22. The summed E-state index contributed by atoms with van der Waals surface area (Å²) in [6.45, 7) is 5.51. The first-order chi connectivity index (χ1) is 12.0. The zero-order valence-corrected chi connectivity index (χ0v) is 14.3. The van der Waals surface area contributed by atoms with Crippen LogP contribution in [0.25, 0.3) is 10.9 Å². The van der Waals surface area contributed by atoms with Crippen LogP contribution in [0.2, 0.25) is 0 Å². The van der Waals surface area contributed by atoms with Crippen molar-refractivity contribution < 1.29 is 14.1 Å². The fourth-order valence-corrected chi connectivity index (χ4v) is 2.74. The number of aryl methyl sites for hydroxylation is 1. The molecule has 0 aliphatic heterocycles. The second kappa shape index (κ2) is 6.80. The fourth-order valence-electron chi connectivity index (χ4n) is 2.74. The smallest absolute Gasteiger partial charge is 0.275 e. The summed E-state index contributed by atoms with van der Waals surface area (Å²) >= 11 is 0. The number of nitrogens with one attached hydrogen (secondary N) is 3. The lowest BCUT2D eigenvalue weighted by Crippen LogP contribution is -2.42. The molecule has 2 aromatic heterocycles. The SMILES string of the molecule is Cc1noc(C(C)C)c1C(=O)NNC(=O)Cc1c[nH]c2ccccc12. The van der Waals surface area contributed by atoms with Crippen molar-refractivity contribution in [3.63, 3.8) is 0 Å². The lowest BCUT2D eigenvalue weighted by atomic mass is 10.0. The van der Waals surface area contributed by atoms with Crippen molar-refractivity contribution in [1.82, 2.24) is 21.0 Å². The first-order valence-corrected chi connectivity index (χ1v) is 8.07. The van der Waals surface area contributed by atoms with Gasteiger partial charge in [-0.05, 0) is 18.6 Å². The molecule has 7 heteroatoms. The maximum absolute atomic E-state index is 12.3. The van der Waals surface area contributed by atoms with Gasteiger partial charge in [0.05, 0.1) is 12.1 Å². The van der Waals surface area contributed by atoms with E-state index in [0.29, 0.717) is 17.0 Å². The molecule has 0 saturated carbocycles. The number of para-hydroxylation sites is 1. The van der Waals surface area contributed by atoms with Crippen molar-refractivity contribution in [3.05, 3.63) is 53.0 Å². The van der Waals surface area contributed by atoms with E-state index in [1.165, 1.54) is 0 Å². The summed E-state index contributed by atoms with van der Waals surface area (Å²) in [5.41, 5.74) is 7.57. The number of amides is 2. The molecule has 2 amide bonds. The number of benzene rings is 1. The summed E-state index contributed by atoms with van der Waals surface area (Å²) < 4.78 is 5.19. The van der Waals surface area contributed by atoms with Crippen molar-refractivity contribution >= 4 is 22.7 Å². The lowest BCUT2D eigenvalue weighted by Gasteiger charge is -2.08. The largest absolute Gasteiger partial charge is 0.361 e. The number of carbonyl (C=O) groups is 2. The van der Waals surface area contributed by atoms with Crippen LogP contribution >= 0.6 is 0 Å². The van der Waals surface area contributed by atoms with Gasteiger partial charge in [-0.3, -0.25) is 20.4 Å². The van der Waals surface area contributed by atoms with Gasteiger partial charge in [-0.2, -0.15) is 0 Å². The van der Waals surface area contributed by atoms with Gasteiger partial charge in [-0.25, -0.2) is 0 Å². The molecule has 0 aliphatic carbocycles. The molecule has 7 nitrogen and oxygen atoms in total. The zero-order valence-electron chi connectivity index (χ0n) is 14.3. The van der Waals surface area contributed by atoms with E-state index in [-0.39, 0.29) is 18.2 Å². The number of aromatic nitrogens is 2. The van der Waals surface area contributed by atoms with Crippen LogP contribution in [-0.2, 0) is 11.2 Å². The Bertz CT molecular complexity index is 923. The predicted molar refractivity (Wildman–Crippen MR) is 92.9 cm³/mol. The Hall–Kier alpha value is -3.09. The first-order valence-electron chi connectivity index (χ1n) is 8.07. The Kier molecular flexibility index (Phi) is 4.56. The number of carbonyl (C=O) groups excluding carboxylic acids is 2. The van der Waals surface area contributed by atoms with Crippen molar-refractivity contribution in [3.8, 4) is 0 Å². The molecule has 1 aromatic carbocycles. The third-order valence-corrected chi connectivity index (χ3v) is 3.98. The number of hydrazine groups is 1. The standard InChI is InChI=1S/C18H20N4O3/c1-10(2)17-16(11(3)22-25-17)18(24)21-20-15(23)8-12-9-19-14-7-5-4-6-13(12)14/h4-7,9-10,19H,8H2,1-3H3,(H,20,23)(H,21,24). The van der Waals surface area contributed by atoms with E-state index in [1.807, 2.05) is 38.1 Å². The number of H-pyrrole nitrogens is 1. The minimum Gasteiger partial charge on any atom is -0.361 e. The van der Waals surface area contributed by atoms with E-state index >= 15 is 0 Å². The second-order valence-corrected chi connectivity index (χ2v) is 6.20. The van der Waals surface area contributed by atoms with Crippen LogP contribution in [0.3, 0.4) is 0 Å². The van der Waals surface area contributed by atoms with Crippen LogP contribution in [0.5, 0.6) is 0 Å². The molecule has 0 aliphatic rings. The van der Waals surface area contributed by atoms with Gasteiger partial charge in [0.15, 0.2) is 5.76 Å². The van der Waals surface area contributed by atoms with Gasteiger partial charge < -0.3 is 9.51 Å². The number of fused-ring (bicyclic) bond motifs is 1. The monoisotopic (exact) mass is 340 g/mol. The zero-order chi connectivity index (χ0) is 18.0. The normalized spacial score (nSPS) is 11.0. The van der Waals surface area contributed by atoms with Crippen molar-refractivity contribution in [2.45, 2.75) is 33.1 Å². The third-order valence-electron chi connectivity index (χ3n) is 3.98. The molecule has 0 radical (unpaired) electrons. The Balaban J connectivity index is 1.65. The number of aromatic amines is 1. The van der Waals surface area contributed by atoms with Crippen molar-refractivity contribution in [1.29, 1.82) is 0 Å². The van der Waals surface area contributed by atoms with Gasteiger partial charge in [-0.1, -0.05) is 37.2 Å². The van der Waals surface area contributed by atoms with Gasteiger partial charge in [-0.15, -0.1) is 0 Å². The van der Waals surface area contributed by atoms with E-state index in [4.69, 9.17) is 4.52 Å². The highest BCUT2D eigenvalue weighted by atomic mass is 16.5. The molecule has 0 saturated heterocycles. The van der Waals surface area contributed by atoms with E-state index in [0.717, 1.165) is 16.5 Å². The molecule has 3 rings (SSSR count). The van der Waals surface area contributed by atoms with E-state index in [1.54, 1.807) is 13.1 Å². The molecular formula is C18H20N4O3. The Labute approximate surface area is 144 Å². The van der Waals surface area contributed by atoms with Gasteiger partial charge >= 0.3 is 0 Å². The summed E-state index contributed by atoms with van der Waals surface area (Å²) in [7, 11) is 0. The van der Waals surface area contributed by atoms with Gasteiger partial charge in [0.1, 0.15) is 5.56 Å². The average Bonchev–Trinajstić information content (AvgIpc) is 3.17. The van der Waals surface area contributed by atoms with Crippen LogP contribution in [-0.4, -0.2) is 22.0 Å². The maximum atomic E-state index is 12.3. The number of hydrogen-bond acceptors (Lipinski definition) is 4. The summed E-state index contributed by atoms with van der Waals surface area (Å²) in [5, 5.41) is 4.82. The minimum atomic E-state index is -0.435. The molecular weight excluding hydrogens is 320 g/mol. The summed E-state index contributed by atoms with van der Waals surface area (Å²) in [6.07, 6.45) is 1.96. The van der Waals surface area contributed by atoms with Gasteiger partial charge in [0.2, 0.25) is 5.91 Å².